The Bertz CT molecular complexity index is 1440. The number of benzene rings is 2. The highest BCUT2D eigenvalue weighted by Crippen LogP contribution is 2.44. The Morgan fingerprint density at radius 3 is 1.10 bits per heavy atom. The quantitative estimate of drug-likeness (QED) is 0.0569. The molecule has 2 aromatic carbocycles. The fraction of sp³-hybridized carbons (Fsp3) is 0.725. The second-order valence-corrected chi connectivity index (χ2v) is 15.7. The lowest BCUT2D eigenvalue weighted by Gasteiger charge is -2.14. The van der Waals surface area contributed by atoms with Gasteiger partial charge in [0.25, 0.3) is 0 Å². The van der Waals surface area contributed by atoms with Gasteiger partial charge in [-0.3, -0.25) is 4.79 Å². The molecule has 0 radical (unpaired) electrons. The first-order chi connectivity index (χ1) is 33.7. The van der Waals surface area contributed by atoms with E-state index in [4.69, 9.17) is 66.3 Å². The van der Waals surface area contributed by atoms with Gasteiger partial charge in [0.15, 0.2) is 0 Å². The summed E-state index contributed by atoms with van der Waals surface area (Å²) >= 11 is 0. The number of ether oxygens (including phenoxy) is 14. The standard InChI is InChI=1S/C51H83NO16/c1-2-3-4-5-6-7-8-17-50(53)67-43-42-66-41-40-65-39-38-64-37-36-63-35-34-62-33-32-61-31-30-60-29-28-59-27-26-58-25-24-57-23-22-56-21-20-55-19-18-52-51(54)68-44-49-47-15-11-9-13-45(47)46-14-10-12-16-48(46)49/h9-16,49H,2-8,17-44H2,1H3,(H,52,54). The van der Waals surface area contributed by atoms with Crippen LogP contribution in [0.2, 0.25) is 0 Å². The maximum absolute atomic E-state index is 12.3. The molecule has 0 saturated heterocycles. The second-order valence-electron chi connectivity index (χ2n) is 15.7. The highest BCUT2D eigenvalue weighted by molar-refractivity contribution is 5.79. The molecule has 388 valence electrons. The summed E-state index contributed by atoms with van der Waals surface area (Å²) in [6, 6.07) is 16.5. The smallest absolute Gasteiger partial charge is 0.407 e. The molecule has 0 aliphatic heterocycles. The van der Waals surface area contributed by atoms with Crippen molar-refractivity contribution in [2.75, 3.05) is 178 Å². The number of unbranched alkanes of at least 4 members (excludes halogenated alkanes) is 6. The van der Waals surface area contributed by atoms with Gasteiger partial charge in [-0.15, -0.1) is 0 Å². The van der Waals surface area contributed by atoms with E-state index in [2.05, 4.69) is 36.5 Å². The summed E-state index contributed by atoms with van der Waals surface area (Å²) in [6.07, 6.45) is 8.29. The summed E-state index contributed by atoms with van der Waals surface area (Å²) < 4.78 is 76.9. The number of amides is 1. The average Bonchev–Trinajstić information content (AvgIpc) is 3.68. The van der Waals surface area contributed by atoms with Gasteiger partial charge in [-0.25, -0.2) is 4.79 Å². The molecule has 0 saturated carbocycles. The van der Waals surface area contributed by atoms with Gasteiger partial charge in [-0.1, -0.05) is 94.0 Å². The molecule has 1 N–H and O–H groups in total. The molecule has 68 heavy (non-hydrogen) atoms. The fourth-order valence-electron chi connectivity index (χ4n) is 6.91. The lowest BCUT2D eigenvalue weighted by atomic mass is 9.98. The molecule has 17 nitrogen and oxygen atoms in total. The van der Waals surface area contributed by atoms with Gasteiger partial charge >= 0.3 is 12.1 Å². The molecule has 1 aliphatic carbocycles. The van der Waals surface area contributed by atoms with Crippen molar-refractivity contribution < 1.29 is 75.9 Å². The topological polar surface area (TPSA) is 175 Å². The summed E-state index contributed by atoms with van der Waals surface area (Å²) in [7, 11) is 0. The highest BCUT2D eigenvalue weighted by Gasteiger charge is 2.29. The van der Waals surface area contributed by atoms with Crippen LogP contribution in [0.4, 0.5) is 4.79 Å². The summed E-state index contributed by atoms with van der Waals surface area (Å²) in [5.74, 6) is -0.114. The van der Waals surface area contributed by atoms with Crippen LogP contribution in [-0.4, -0.2) is 190 Å². The Morgan fingerprint density at radius 1 is 0.397 bits per heavy atom. The molecule has 0 fully saturated rings. The first-order valence-electron chi connectivity index (χ1n) is 24.9. The summed E-state index contributed by atoms with van der Waals surface area (Å²) in [6.45, 7) is 14.2. The second kappa shape index (κ2) is 43.7. The first kappa shape index (κ1) is 59.0. The van der Waals surface area contributed by atoms with Crippen LogP contribution in [0.15, 0.2) is 48.5 Å². The lowest BCUT2D eigenvalue weighted by molar-refractivity contribution is -0.145. The van der Waals surface area contributed by atoms with Crippen molar-refractivity contribution in [2.45, 2.75) is 64.2 Å². The van der Waals surface area contributed by atoms with Crippen LogP contribution in [-0.2, 0) is 71.1 Å². The van der Waals surface area contributed by atoms with E-state index in [-0.39, 0.29) is 25.1 Å². The monoisotopic (exact) mass is 966 g/mol. The molecule has 0 aromatic heterocycles. The Balaban J connectivity index is 0.901. The van der Waals surface area contributed by atoms with Gasteiger partial charge in [-0.2, -0.15) is 0 Å². The molecule has 1 aliphatic rings. The van der Waals surface area contributed by atoms with Crippen LogP contribution < -0.4 is 5.32 Å². The Kier molecular flexibility index (Phi) is 37.9. The molecule has 0 atom stereocenters. The van der Waals surface area contributed by atoms with Gasteiger partial charge in [0.1, 0.15) is 13.2 Å². The summed E-state index contributed by atoms with van der Waals surface area (Å²) in [4.78, 5) is 24.0. The molecule has 2 aromatic rings. The molecule has 3 rings (SSSR count). The maximum Gasteiger partial charge on any atom is 0.407 e. The molecule has 1 amide bonds. The third-order valence-electron chi connectivity index (χ3n) is 10.4. The van der Waals surface area contributed by atoms with Gasteiger partial charge < -0.3 is 71.6 Å². The third kappa shape index (κ3) is 31.0. The first-order valence-corrected chi connectivity index (χ1v) is 24.9. The zero-order valence-corrected chi connectivity index (χ0v) is 41.0. The third-order valence-corrected chi connectivity index (χ3v) is 10.4. The van der Waals surface area contributed by atoms with E-state index >= 15 is 0 Å². The van der Waals surface area contributed by atoms with Crippen LogP contribution >= 0.6 is 0 Å². The number of hydrogen-bond acceptors (Lipinski definition) is 16. The van der Waals surface area contributed by atoms with Crippen molar-refractivity contribution in [1.82, 2.24) is 5.32 Å². The molecule has 0 heterocycles. The Labute approximate surface area is 405 Å². The van der Waals surface area contributed by atoms with Crippen LogP contribution in [0.3, 0.4) is 0 Å². The number of carbonyl (C=O) groups is 2. The van der Waals surface area contributed by atoms with Crippen molar-refractivity contribution in [3.8, 4) is 11.1 Å². The highest BCUT2D eigenvalue weighted by atomic mass is 16.6. The van der Waals surface area contributed by atoms with Gasteiger partial charge in [0, 0.05) is 18.9 Å². The van der Waals surface area contributed by atoms with Crippen molar-refractivity contribution in [3.63, 3.8) is 0 Å². The van der Waals surface area contributed by atoms with E-state index in [9.17, 15) is 9.59 Å². The van der Waals surface area contributed by atoms with Gasteiger partial charge in [0.2, 0.25) is 0 Å². The zero-order valence-electron chi connectivity index (χ0n) is 41.0. The molecule has 0 bridgehead atoms. The van der Waals surface area contributed by atoms with Crippen molar-refractivity contribution in [3.05, 3.63) is 59.7 Å². The van der Waals surface area contributed by atoms with E-state index < -0.39 is 6.09 Å². The number of rotatable bonds is 49. The van der Waals surface area contributed by atoms with E-state index in [1.807, 2.05) is 24.3 Å². The molecular formula is C51H83NO16. The fourth-order valence-corrected chi connectivity index (χ4v) is 6.91. The normalized spacial score (nSPS) is 12.1. The number of fused-ring (bicyclic) bond motifs is 3. The van der Waals surface area contributed by atoms with Gasteiger partial charge in [0.05, 0.1) is 159 Å². The molecular weight excluding hydrogens is 883 g/mol. The van der Waals surface area contributed by atoms with E-state index in [1.54, 1.807) is 0 Å². The van der Waals surface area contributed by atoms with Gasteiger partial charge in [-0.05, 0) is 28.7 Å². The molecule has 0 spiro atoms. The molecule has 0 unspecified atom stereocenters. The van der Waals surface area contributed by atoms with Crippen molar-refractivity contribution >= 4 is 12.1 Å². The predicted octanol–water partition coefficient (Wildman–Crippen LogP) is 6.41. The van der Waals surface area contributed by atoms with E-state index in [1.165, 1.54) is 54.4 Å². The van der Waals surface area contributed by atoms with E-state index in [0.717, 1.165) is 12.8 Å². The van der Waals surface area contributed by atoms with Crippen LogP contribution in [0, 0.1) is 0 Å². The van der Waals surface area contributed by atoms with Crippen LogP contribution in [0.5, 0.6) is 0 Å². The minimum atomic E-state index is -0.456. The number of nitrogens with one attached hydrogen (secondary N) is 1. The maximum atomic E-state index is 12.3. The Morgan fingerprint density at radius 2 is 0.721 bits per heavy atom. The summed E-state index contributed by atoms with van der Waals surface area (Å²) in [5, 5.41) is 2.75. The van der Waals surface area contributed by atoms with E-state index in [0.29, 0.717) is 172 Å². The molecule has 17 heteroatoms. The number of carbonyl (C=O) groups excluding carboxylic acids is 2. The minimum absolute atomic E-state index is 0.0316. The SMILES string of the molecule is CCCCCCCCCC(=O)OCCOCCOCCOCCOCCOCCOCCOCCOCCOCCOCCOCCOCCNC(=O)OCC1c2ccccc2-c2ccccc21. The average molecular weight is 966 g/mol. The lowest BCUT2D eigenvalue weighted by Crippen LogP contribution is -2.29. The van der Waals surface area contributed by atoms with Crippen molar-refractivity contribution in [1.29, 1.82) is 0 Å². The minimum Gasteiger partial charge on any atom is -0.463 e. The zero-order chi connectivity index (χ0) is 48.1. The van der Waals surface area contributed by atoms with Crippen LogP contribution in [0.1, 0.15) is 75.3 Å². The number of hydrogen-bond donors (Lipinski definition) is 1. The van der Waals surface area contributed by atoms with Crippen molar-refractivity contribution in [2.24, 2.45) is 0 Å². The largest absolute Gasteiger partial charge is 0.463 e. The number of esters is 1. The van der Waals surface area contributed by atoms with Crippen LogP contribution in [0.25, 0.3) is 11.1 Å². The summed E-state index contributed by atoms with van der Waals surface area (Å²) in [5.41, 5.74) is 4.76. The Hall–Kier alpha value is -3.30. The predicted molar refractivity (Wildman–Crippen MR) is 256 cm³/mol. The number of alkyl carbamates (subject to hydrolysis) is 1.